The van der Waals surface area contributed by atoms with Crippen LogP contribution in [-0.4, -0.2) is 14.1 Å². The highest BCUT2D eigenvalue weighted by Gasteiger charge is 2.51. The van der Waals surface area contributed by atoms with Gasteiger partial charge in [-0.3, -0.25) is 4.57 Å². The molecule has 0 N–H and O–H groups in total. The number of hydrogen-bond acceptors (Lipinski definition) is 1. The lowest BCUT2D eigenvalue weighted by atomic mass is 9.65. The van der Waals surface area contributed by atoms with E-state index < -0.39 is 5.41 Å². The first kappa shape index (κ1) is 30.8. The normalized spacial score (nSPS) is 15.1. The van der Waals surface area contributed by atoms with Gasteiger partial charge in [0.15, 0.2) is 0 Å². The van der Waals surface area contributed by atoms with Crippen LogP contribution in [0.1, 0.15) is 22.3 Å². The number of para-hydroxylation sites is 3. The van der Waals surface area contributed by atoms with Crippen molar-refractivity contribution < 1.29 is 0 Å². The number of hydrogen-bond donors (Lipinski definition) is 0. The fourth-order valence-corrected chi connectivity index (χ4v) is 10.4. The molecule has 3 nitrogen and oxygen atoms in total. The molecule has 0 bridgehead atoms. The molecule has 13 rings (SSSR count). The highest BCUT2D eigenvalue weighted by molar-refractivity contribution is 6.19. The highest BCUT2D eigenvalue weighted by atomic mass is 15.1. The molecule has 1 spiro atoms. The smallest absolute Gasteiger partial charge is 0.145 e. The summed E-state index contributed by atoms with van der Waals surface area (Å²) >= 11 is 0. The van der Waals surface area contributed by atoms with Crippen molar-refractivity contribution in [2.75, 3.05) is 0 Å². The summed E-state index contributed by atoms with van der Waals surface area (Å²) in [6.07, 6.45) is 0. The SMILES string of the molecule is c1ccc(-c2nc3cccc4c3n2-c2ccccc2C42c3ccccc3-c3ccc(-c4ccc5c(c4)c4ccc6ccccc6c4n5-c4ccccc4)cc32)cc1. The lowest BCUT2D eigenvalue weighted by Crippen LogP contribution is -2.33. The first-order valence-corrected chi connectivity index (χ1v) is 19.7. The third-order valence-electron chi connectivity index (χ3n) is 12.7. The minimum Gasteiger partial charge on any atom is -0.309 e. The maximum absolute atomic E-state index is 5.34. The maximum Gasteiger partial charge on any atom is 0.145 e. The molecule has 11 aromatic rings. The molecular weight excluding hydrogens is 691 g/mol. The monoisotopic (exact) mass is 723 g/mol. The van der Waals surface area contributed by atoms with Gasteiger partial charge >= 0.3 is 0 Å². The van der Waals surface area contributed by atoms with Gasteiger partial charge in [-0.2, -0.15) is 0 Å². The summed E-state index contributed by atoms with van der Waals surface area (Å²) in [5.41, 5.74) is 17.7. The van der Waals surface area contributed by atoms with Crippen LogP contribution in [0.25, 0.3) is 88.6 Å². The lowest BCUT2D eigenvalue weighted by Gasteiger charge is -2.39. The number of rotatable bonds is 3. The van der Waals surface area contributed by atoms with Gasteiger partial charge in [0, 0.05) is 27.4 Å². The zero-order valence-electron chi connectivity index (χ0n) is 30.9. The molecule has 3 heterocycles. The van der Waals surface area contributed by atoms with Crippen molar-refractivity contribution in [3.05, 3.63) is 222 Å². The van der Waals surface area contributed by atoms with Gasteiger partial charge < -0.3 is 4.57 Å². The maximum atomic E-state index is 5.34. The topological polar surface area (TPSA) is 22.8 Å². The van der Waals surface area contributed by atoms with E-state index in [1.165, 1.54) is 94.0 Å². The van der Waals surface area contributed by atoms with Crippen molar-refractivity contribution in [2.45, 2.75) is 5.41 Å². The van der Waals surface area contributed by atoms with Gasteiger partial charge in [-0.25, -0.2) is 4.98 Å². The van der Waals surface area contributed by atoms with Gasteiger partial charge in [-0.15, -0.1) is 0 Å². The van der Waals surface area contributed by atoms with Crippen LogP contribution in [0.5, 0.6) is 0 Å². The van der Waals surface area contributed by atoms with E-state index >= 15 is 0 Å². The molecule has 1 aliphatic carbocycles. The molecule has 1 aliphatic heterocycles. The number of nitrogens with zero attached hydrogens (tertiary/aromatic N) is 3. The molecule has 2 aliphatic rings. The molecule has 0 fully saturated rings. The van der Waals surface area contributed by atoms with Gasteiger partial charge in [-0.05, 0) is 92.4 Å². The number of imidazole rings is 1. The van der Waals surface area contributed by atoms with Gasteiger partial charge in [-0.1, -0.05) is 158 Å². The predicted octanol–water partition coefficient (Wildman–Crippen LogP) is 13.3. The van der Waals surface area contributed by atoms with E-state index in [0.29, 0.717) is 0 Å². The fraction of sp³-hybridized carbons (Fsp3) is 0.0185. The molecule has 0 radical (unpaired) electrons. The average molecular weight is 724 g/mol. The van der Waals surface area contributed by atoms with Crippen molar-refractivity contribution in [3.63, 3.8) is 0 Å². The second-order valence-electron chi connectivity index (χ2n) is 15.5. The van der Waals surface area contributed by atoms with Crippen molar-refractivity contribution in [2.24, 2.45) is 0 Å². The first-order chi connectivity index (χ1) is 28.3. The Kier molecular flexibility index (Phi) is 6.10. The van der Waals surface area contributed by atoms with Crippen LogP contribution in [0.3, 0.4) is 0 Å². The van der Waals surface area contributed by atoms with Gasteiger partial charge in [0.25, 0.3) is 0 Å². The van der Waals surface area contributed by atoms with Crippen LogP contribution in [0.2, 0.25) is 0 Å². The third kappa shape index (κ3) is 3.97. The minimum atomic E-state index is -0.533. The zero-order valence-corrected chi connectivity index (χ0v) is 30.9. The standard InChI is InChI=1S/C54H33N3/c1-3-15-35(16-4-1)53-55-48-24-13-23-46-52(48)57(53)50-25-12-11-22-45(50)54(46)44-21-10-9-20-40(44)41-29-27-37(33-47(41)54)36-28-31-49-43(32-36)42-30-26-34-14-7-8-19-39(34)51(42)56(49)38-17-5-2-6-18-38/h1-33H. The summed E-state index contributed by atoms with van der Waals surface area (Å²) in [7, 11) is 0. The Hall–Kier alpha value is -7.49. The van der Waals surface area contributed by atoms with E-state index in [1.54, 1.807) is 0 Å². The predicted molar refractivity (Wildman–Crippen MR) is 235 cm³/mol. The van der Waals surface area contributed by atoms with E-state index in [2.05, 4.69) is 209 Å². The number of aromatic nitrogens is 3. The van der Waals surface area contributed by atoms with Gasteiger partial charge in [0.1, 0.15) is 5.82 Å². The molecule has 57 heavy (non-hydrogen) atoms. The molecule has 0 saturated heterocycles. The quantitative estimate of drug-likeness (QED) is 0.178. The molecule has 2 aromatic heterocycles. The van der Waals surface area contributed by atoms with Gasteiger partial charge in [0.2, 0.25) is 0 Å². The Bertz CT molecular complexity index is 3460. The Balaban J connectivity index is 1.09. The van der Waals surface area contributed by atoms with Crippen LogP contribution in [0.15, 0.2) is 200 Å². The minimum absolute atomic E-state index is 0.533. The van der Waals surface area contributed by atoms with E-state index in [-0.39, 0.29) is 0 Å². The average Bonchev–Trinajstić information content (AvgIpc) is 3.93. The molecule has 264 valence electrons. The van der Waals surface area contributed by atoms with Crippen molar-refractivity contribution in [1.82, 2.24) is 14.1 Å². The summed E-state index contributed by atoms with van der Waals surface area (Å²) < 4.78 is 4.85. The molecule has 0 amide bonds. The van der Waals surface area contributed by atoms with E-state index in [0.717, 1.165) is 16.9 Å². The Labute approximate surface area is 329 Å². The Morgan fingerprint density at radius 3 is 1.98 bits per heavy atom. The second kappa shape index (κ2) is 11.3. The molecular formula is C54H33N3. The fourth-order valence-electron chi connectivity index (χ4n) is 10.4. The van der Waals surface area contributed by atoms with E-state index in [1.807, 2.05) is 0 Å². The van der Waals surface area contributed by atoms with Crippen LogP contribution >= 0.6 is 0 Å². The van der Waals surface area contributed by atoms with Crippen LogP contribution in [-0.2, 0) is 5.41 Å². The summed E-state index contributed by atoms with van der Waals surface area (Å²) in [5, 5.41) is 5.01. The summed E-state index contributed by atoms with van der Waals surface area (Å²) in [5.74, 6) is 0.969. The highest BCUT2D eigenvalue weighted by Crippen LogP contribution is 2.61. The summed E-state index contributed by atoms with van der Waals surface area (Å²) in [6, 6.07) is 73.7. The second-order valence-corrected chi connectivity index (χ2v) is 15.5. The summed E-state index contributed by atoms with van der Waals surface area (Å²) in [6.45, 7) is 0. The Morgan fingerprint density at radius 2 is 1.09 bits per heavy atom. The van der Waals surface area contributed by atoms with Crippen molar-refractivity contribution in [3.8, 4) is 45.0 Å². The largest absolute Gasteiger partial charge is 0.309 e. The van der Waals surface area contributed by atoms with Crippen LogP contribution in [0, 0.1) is 0 Å². The molecule has 1 atom stereocenters. The van der Waals surface area contributed by atoms with Crippen LogP contribution < -0.4 is 0 Å². The van der Waals surface area contributed by atoms with Crippen LogP contribution in [0.4, 0.5) is 0 Å². The zero-order chi connectivity index (χ0) is 37.2. The van der Waals surface area contributed by atoms with Gasteiger partial charge in [0.05, 0.1) is 33.2 Å². The number of fused-ring (bicyclic) bond motifs is 14. The molecule has 9 aromatic carbocycles. The number of benzene rings is 9. The third-order valence-corrected chi connectivity index (χ3v) is 12.7. The Morgan fingerprint density at radius 1 is 0.386 bits per heavy atom. The lowest BCUT2D eigenvalue weighted by molar-refractivity contribution is 0.746. The summed E-state index contributed by atoms with van der Waals surface area (Å²) in [4.78, 5) is 5.34. The molecule has 1 unspecified atom stereocenters. The van der Waals surface area contributed by atoms with Crippen molar-refractivity contribution >= 4 is 43.6 Å². The van der Waals surface area contributed by atoms with Crippen molar-refractivity contribution in [1.29, 1.82) is 0 Å². The van der Waals surface area contributed by atoms with E-state index in [4.69, 9.17) is 4.98 Å². The first-order valence-electron chi connectivity index (χ1n) is 19.7. The molecule has 3 heteroatoms. The molecule has 0 saturated carbocycles. The van der Waals surface area contributed by atoms with E-state index in [9.17, 15) is 0 Å².